The van der Waals surface area contributed by atoms with Gasteiger partial charge in [0.05, 0.1) is 16.0 Å². The standard InChI is InChI=1S/C27H28N4O3/c32-31(33)23-12-10-21(11-13-23)18-29-16-14-22(15-17-29)19-30-26-9-5-4-8-25(26)28-27(30)20-34-24-6-2-1-3-7-24/h1-13,22H,14-20H2. The van der Waals surface area contributed by atoms with Crippen molar-refractivity contribution in [3.05, 3.63) is 100 Å². The molecule has 1 aliphatic rings. The van der Waals surface area contributed by atoms with Crippen LogP contribution in [-0.2, 0) is 19.7 Å². The summed E-state index contributed by atoms with van der Waals surface area (Å²) in [5.74, 6) is 2.38. The number of piperidine rings is 1. The monoisotopic (exact) mass is 456 g/mol. The molecule has 34 heavy (non-hydrogen) atoms. The molecule has 0 spiro atoms. The lowest BCUT2D eigenvalue weighted by atomic mass is 9.96. The Balaban J connectivity index is 1.22. The first-order valence-electron chi connectivity index (χ1n) is 11.7. The van der Waals surface area contributed by atoms with E-state index in [1.807, 2.05) is 48.5 Å². The van der Waals surface area contributed by atoms with Crippen molar-refractivity contribution in [1.29, 1.82) is 0 Å². The average Bonchev–Trinajstić information content (AvgIpc) is 3.22. The molecule has 174 valence electrons. The molecule has 0 saturated carbocycles. The van der Waals surface area contributed by atoms with Crippen LogP contribution in [-0.4, -0.2) is 32.5 Å². The number of imidazole rings is 1. The second kappa shape index (κ2) is 10.1. The molecule has 4 aromatic rings. The molecule has 0 aliphatic carbocycles. The molecule has 2 heterocycles. The molecular formula is C27H28N4O3. The van der Waals surface area contributed by atoms with Crippen molar-refractivity contribution in [3.8, 4) is 5.75 Å². The highest BCUT2D eigenvalue weighted by molar-refractivity contribution is 5.75. The summed E-state index contributed by atoms with van der Waals surface area (Å²) in [5.41, 5.74) is 3.42. The van der Waals surface area contributed by atoms with Crippen LogP contribution in [0.15, 0.2) is 78.9 Å². The number of hydrogen-bond acceptors (Lipinski definition) is 5. The van der Waals surface area contributed by atoms with E-state index in [1.165, 1.54) is 0 Å². The summed E-state index contributed by atoms with van der Waals surface area (Å²) in [5, 5.41) is 10.9. The predicted molar refractivity (Wildman–Crippen MR) is 132 cm³/mol. The SMILES string of the molecule is O=[N+]([O-])c1ccc(CN2CCC(Cn3c(COc4ccccc4)nc4ccccc43)CC2)cc1. The molecule has 0 amide bonds. The van der Waals surface area contributed by atoms with Gasteiger partial charge in [-0.1, -0.05) is 42.5 Å². The first-order valence-corrected chi connectivity index (χ1v) is 11.7. The van der Waals surface area contributed by atoms with Crippen molar-refractivity contribution in [2.45, 2.75) is 32.5 Å². The summed E-state index contributed by atoms with van der Waals surface area (Å²) in [6.07, 6.45) is 2.22. The van der Waals surface area contributed by atoms with Crippen molar-refractivity contribution >= 4 is 16.7 Å². The van der Waals surface area contributed by atoms with Crippen molar-refractivity contribution < 1.29 is 9.66 Å². The number of fused-ring (bicyclic) bond motifs is 1. The first kappa shape index (κ1) is 22.1. The van der Waals surface area contributed by atoms with Crippen molar-refractivity contribution in [3.63, 3.8) is 0 Å². The first-order chi connectivity index (χ1) is 16.7. The highest BCUT2D eigenvalue weighted by Gasteiger charge is 2.22. The number of non-ortho nitro benzene ring substituents is 1. The molecule has 0 radical (unpaired) electrons. The average molecular weight is 457 g/mol. The summed E-state index contributed by atoms with van der Waals surface area (Å²) >= 11 is 0. The number of aromatic nitrogens is 2. The van der Waals surface area contributed by atoms with Gasteiger partial charge in [0.25, 0.3) is 5.69 Å². The maximum Gasteiger partial charge on any atom is 0.269 e. The van der Waals surface area contributed by atoms with Gasteiger partial charge in [0.2, 0.25) is 0 Å². The predicted octanol–water partition coefficient (Wildman–Crippen LogP) is 5.44. The maximum absolute atomic E-state index is 10.9. The Morgan fingerprint density at radius 3 is 2.38 bits per heavy atom. The van der Waals surface area contributed by atoms with E-state index in [9.17, 15) is 10.1 Å². The smallest absolute Gasteiger partial charge is 0.269 e. The number of benzene rings is 3. The van der Waals surface area contributed by atoms with Crippen molar-refractivity contribution in [2.24, 2.45) is 5.92 Å². The molecule has 3 aromatic carbocycles. The lowest BCUT2D eigenvalue weighted by Gasteiger charge is -2.32. The normalized spacial score (nSPS) is 14.9. The van der Waals surface area contributed by atoms with Gasteiger partial charge in [-0.3, -0.25) is 15.0 Å². The third kappa shape index (κ3) is 5.10. The van der Waals surface area contributed by atoms with Crippen LogP contribution in [0.4, 0.5) is 5.69 Å². The lowest BCUT2D eigenvalue weighted by molar-refractivity contribution is -0.384. The molecule has 1 aromatic heterocycles. The van der Waals surface area contributed by atoms with Crippen LogP contribution in [0.1, 0.15) is 24.2 Å². The van der Waals surface area contributed by atoms with Crippen LogP contribution >= 0.6 is 0 Å². The van der Waals surface area contributed by atoms with Crippen LogP contribution in [0.3, 0.4) is 0 Å². The molecular weight excluding hydrogens is 428 g/mol. The summed E-state index contributed by atoms with van der Waals surface area (Å²) in [7, 11) is 0. The van der Waals surface area contributed by atoms with Gasteiger partial charge < -0.3 is 9.30 Å². The molecule has 1 aliphatic heterocycles. The number of para-hydroxylation sites is 3. The van der Waals surface area contributed by atoms with Gasteiger partial charge in [-0.15, -0.1) is 0 Å². The zero-order valence-corrected chi connectivity index (χ0v) is 19.0. The van der Waals surface area contributed by atoms with E-state index in [0.717, 1.165) is 67.2 Å². The number of nitro benzene ring substituents is 1. The Kier molecular flexibility index (Phi) is 6.53. The Morgan fingerprint density at radius 1 is 0.941 bits per heavy atom. The van der Waals surface area contributed by atoms with Crippen LogP contribution in [0.2, 0.25) is 0 Å². The van der Waals surface area contributed by atoms with E-state index >= 15 is 0 Å². The van der Waals surface area contributed by atoms with E-state index in [1.54, 1.807) is 12.1 Å². The molecule has 0 unspecified atom stereocenters. The van der Waals surface area contributed by atoms with Gasteiger partial charge >= 0.3 is 0 Å². The van der Waals surface area contributed by atoms with Crippen LogP contribution < -0.4 is 4.74 Å². The quantitative estimate of drug-likeness (QED) is 0.261. The summed E-state index contributed by atoms with van der Waals surface area (Å²) in [6, 6.07) is 25.1. The van der Waals surface area contributed by atoms with Crippen LogP contribution in [0, 0.1) is 16.0 Å². The number of nitrogens with zero attached hydrogens (tertiary/aromatic N) is 4. The minimum absolute atomic E-state index is 0.141. The largest absolute Gasteiger partial charge is 0.486 e. The van der Waals surface area contributed by atoms with E-state index in [0.29, 0.717) is 12.5 Å². The van der Waals surface area contributed by atoms with Gasteiger partial charge in [-0.05, 0) is 61.7 Å². The fraction of sp³-hybridized carbons (Fsp3) is 0.296. The second-order valence-electron chi connectivity index (χ2n) is 8.87. The van der Waals surface area contributed by atoms with Gasteiger partial charge in [0.1, 0.15) is 18.2 Å². The lowest BCUT2D eigenvalue weighted by Crippen LogP contribution is -2.34. The zero-order chi connectivity index (χ0) is 23.3. The summed E-state index contributed by atoms with van der Waals surface area (Å²) < 4.78 is 8.35. The Labute approximate surface area is 198 Å². The Morgan fingerprint density at radius 2 is 1.65 bits per heavy atom. The van der Waals surface area contributed by atoms with E-state index < -0.39 is 0 Å². The number of likely N-dealkylation sites (tertiary alicyclic amines) is 1. The molecule has 0 bridgehead atoms. The molecule has 0 N–H and O–H groups in total. The summed E-state index contributed by atoms with van der Waals surface area (Å²) in [6.45, 7) is 4.24. The fourth-order valence-electron chi connectivity index (χ4n) is 4.67. The topological polar surface area (TPSA) is 73.4 Å². The fourth-order valence-corrected chi connectivity index (χ4v) is 4.67. The van der Waals surface area contributed by atoms with Gasteiger partial charge in [-0.25, -0.2) is 4.98 Å². The molecule has 1 fully saturated rings. The van der Waals surface area contributed by atoms with E-state index in [2.05, 4.69) is 27.7 Å². The molecule has 7 heteroatoms. The van der Waals surface area contributed by atoms with Gasteiger partial charge in [0, 0.05) is 25.2 Å². The zero-order valence-electron chi connectivity index (χ0n) is 19.0. The highest BCUT2D eigenvalue weighted by atomic mass is 16.6. The minimum atomic E-state index is -0.353. The minimum Gasteiger partial charge on any atom is -0.486 e. The molecule has 0 atom stereocenters. The molecule has 7 nitrogen and oxygen atoms in total. The van der Waals surface area contributed by atoms with Gasteiger partial charge in [-0.2, -0.15) is 0 Å². The Bertz CT molecular complexity index is 1250. The number of rotatable bonds is 8. The number of nitro groups is 1. The number of hydrogen-bond donors (Lipinski definition) is 0. The molecule has 1 saturated heterocycles. The van der Waals surface area contributed by atoms with Crippen LogP contribution in [0.25, 0.3) is 11.0 Å². The second-order valence-corrected chi connectivity index (χ2v) is 8.87. The van der Waals surface area contributed by atoms with Crippen LogP contribution in [0.5, 0.6) is 5.75 Å². The highest BCUT2D eigenvalue weighted by Crippen LogP contribution is 2.25. The van der Waals surface area contributed by atoms with E-state index in [-0.39, 0.29) is 10.6 Å². The Hall–Kier alpha value is -3.71. The summed E-state index contributed by atoms with van der Waals surface area (Å²) in [4.78, 5) is 17.8. The maximum atomic E-state index is 10.9. The number of ether oxygens (including phenoxy) is 1. The van der Waals surface area contributed by atoms with Crippen molar-refractivity contribution in [1.82, 2.24) is 14.5 Å². The third-order valence-electron chi connectivity index (χ3n) is 6.55. The molecule has 5 rings (SSSR count). The van der Waals surface area contributed by atoms with Gasteiger partial charge in [0.15, 0.2) is 0 Å². The van der Waals surface area contributed by atoms with Crippen molar-refractivity contribution in [2.75, 3.05) is 13.1 Å². The van der Waals surface area contributed by atoms with E-state index in [4.69, 9.17) is 9.72 Å². The third-order valence-corrected chi connectivity index (χ3v) is 6.55.